The first-order valence-corrected chi connectivity index (χ1v) is 5.92. The first-order chi connectivity index (χ1) is 7.36. The summed E-state index contributed by atoms with van der Waals surface area (Å²) >= 11 is 0. The van der Waals surface area contributed by atoms with E-state index in [1.807, 2.05) is 0 Å². The molecule has 1 amide bonds. The molecule has 4 nitrogen and oxygen atoms in total. The van der Waals surface area contributed by atoms with Gasteiger partial charge in [-0.15, -0.1) is 12.4 Å². The minimum atomic E-state index is 0. The molecular formula is C11H21ClN2O2. The number of hydrogen-bond acceptors (Lipinski definition) is 3. The van der Waals surface area contributed by atoms with Crippen molar-refractivity contribution in [1.29, 1.82) is 0 Å². The van der Waals surface area contributed by atoms with Crippen LogP contribution < -0.4 is 10.6 Å². The third-order valence-corrected chi connectivity index (χ3v) is 3.26. The molecule has 0 aromatic rings. The van der Waals surface area contributed by atoms with Gasteiger partial charge < -0.3 is 15.4 Å². The molecule has 0 aromatic carbocycles. The topological polar surface area (TPSA) is 50.4 Å². The van der Waals surface area contributed by atoms with Gasteiger partial charge in [0.2, 0.25) is 5.91 Å². The fraction of sp³-hybridized carbons (Fsp3) is 0.909. The number of piperidine rings is 1. The van der Waals surface area contributed by atoms with E-state index in [2.05, 4.69) is 10.6 Å². The number of hydrogen-bond donors (Lipinski definition) is 2. The number of rotatable bonds is 3. The Labute approximate surface area is 103 Å². The normalized spacial score (nSPS) is 29.5. The lowest BCUT2D eigenvalue weighted by molar-refractivity contribution is -0.125. The van der Waals surface area contributed by atoms with Crippen LogP contribution >= 0.6 is 12.4 Å². The summed E-state index contributed by atoms with van der Waals surface area (Å²) in [4.78, 5) is 11.8. The molecule has 2 unspecified atom stereocenters. The molecule has 0 saturated carbocycles. The number of ether oxygens (including phenoxy) is 1. The van der Waals surface area contributed by atoms with Crippen LogP contribution in [0.25, 0.3) is 0 Å². The molecule has 16 heavy (non-hydrogen) atoms. The summed E-state index contributed by atoms with van der Waals surface area (Å²) in [7, 11) is 0. The van der Waals surface area contributed by atoms with Gasteiger partial charge in [-0.25, -0.2) is 0 Å². The third-order valence-electron chi connectivity index (χ3n) is 3.26. The van der Waals surface area contributed by atoms with Gasteiger partial charge in [0.15, 0.2) is 0 Å². The maximum Gasteiger partial charge on any atom is 0.224 e. The highest BCUT2D eigenvalue weighted by Crippen LogP contribution is 2.13. The molecule has 0 bridgehead atoms. The molecule has 0 aromatic heterocycles. The van der Waals surface area contributed by atoms with Crippen LogP contribution in [-0.4, -0.2) is 38.8 Å². The SMILES string of the molecule is Cl.O=C(NCC1CCOC1)C1CCCNC1. The number of amides is 1. The van der Waals surface area contributed by atoms with E-state index in [9.17, 15) is 4.79 Å². The summed E-state index contributed by atoms with van der Waals surface area (Å²) in [5.41, 5.74) is 0. The maximum atomic E-state index is 11.8. The van der Waals surface area contributed by atoms with Gasteiger partial charge in [-0.05, 0) is 25.8 Å². The van der Waals surface area contributed by atoms with Crippen LogP contribution in [-0.2, 0) is 9.53 Å². The maximum absolute atomic E-state index is 11.8. The molecule has 0 aliphatic carbocycles. The fourth-order valence-electron chi connectivity index (χ4n) is 2.21. The highest BCUT2D eigenvalue weighted by Gasteiger charge is 2.22. The van der Waals surface area contributed by atoms with Crippen LogP contribution in [0.15, 0.2) is 0 Å². The Morgan fingerprint density at radius 2 is 2.31 bits per heavy atom. The minimum Gasteiger partial charge on any atom is -0.381 e. The van der Waals surface area contributed by atoms with E-state index in [0.717, 1.165) is 52.1 Å². The van der Waals surface area contributed by atoms with Crippen molar-refractivity contribution in [3.8, 4) is 0 Å². The quantitative estimate of drug-likeness (QED) is 0.768. The minimum absolute atomic E-state index is 0. The Hall–Kier alpha value is -0.320. The predicted octanol–water partition coefficient (Wildman–Crippen LogP) is 0.560. The van der Waals surface area contributed by atoms with Crippen molar-refractivity contribution in [2.24, 2.45) is 11.8 Å². The molecule has 2 rings (SSSR count). The molecule has 0 radical (unpaired) electrons. The monoisotopic (exact) mass is 248 g/mol. The van der Waals surface area contributed by atoms with Crippen molar-refractivity contribution in [3.63, 3.8) is 0 Å². The molecule has 2 fully saturated rings. The molecule has 2 aliphatic rings. The highest BCUT2D eigenvalue weighted by molar-refractivity contribution is 5.85. The second kappa shape index (κ2) is 7.09. The van der Waals surface area contributed by atoms with Gasteiger partial charge in [-0.3, -0.25) is 4.79 Å². The smallest absolute Gasteiger partial charge is 0.224 e. The van der Waals surface area contributed by atoms with Crippen LogP contribution in [0.5, 0.6) is 0 Å². The van der Waals surface area contributed by atoms with Crippen molar-refractivity contribution in [2.45, 2.75) is 19.3 Å². The lowest BCUT2D eigenvalue weighted by Gasteiger charge is -2.22. The molecule has 5 heteroatoms. The van der Waals surface area contributed by atoms with Gasteiger partial charge in [-0.1, -0.05) is 0 Å². The first kappa shape index (κ1) is 13.7. The van der Waals surface area contributed by atoms with Gasteiger partial charge >= 0.3 is 0 Å². The van der Waals surface area contributed by atoms with Gasteiger partial charge in [0, 0.05) is 25.6 Å². The van der Waals surface area contributed by atoms with E-state index in [1.165, 1.54) is 0 Å². The van der Waals surface area contributed by atoms with Crippen LogP contribution in [0.3, 0.4) is 0 Å². The number of halogens is 1. The lowest BCUT2D eigenvalue weighted by atomic mass is 9.98. The van der Waals surface area contributed by atoms with Gasteiger partial charge in [0.25, 0.3) is 0 Å². The van der Waals surface area contributed by atoms with E-state index in [4.69, 9.17) is 4.74 Å². The van der Waals surface area contributed by atoms with E-state index in [0.29, 0.717) is 5.92 Å². The van der Waals surface area contributed by atoms with Crippen LogP contribution in [0.4, 0.5) is 0 Å². The summed E-state index contributed by atoms with van der Waals surface area (Å²) in [5.74, 6) is 0.931. The standard InChI is InChI=1S/C11H20N2O2.ClH/c14-11(10-2-1-4-12-7-10)13-6-9-3-5-15-8-9;/h9-10,12H,1-8H2,(H,13,14);1H. The largest absolute Gasteiger partial charge is 0.381 e. The molecular weight excluding hydrogens is 228 g/mol. The third kappa shape index (κ3) is 3.92. The van der Waals surface area contributed by atoms with Crippen molar-refractivity contribution in [1.82, 2.24) is 10.6 Å². The molecule has 2 N–H and O–H groups in total. The summed E-state index contributed by atoms with van der Waals surface area (Å²) in [6, 6.07) is 0. The zero-order chi connectivity index (χ0) is 10.5. The molecule has 2 heterocycles. The van der Waals surface area contributed by atoms with Crippen molar-refractivity contribution >= 4 is 18.3 Å². The highest BCUT2D eigenvalue weighted by atomic mass is 35.5. The number of carbonyl (C=O) groups is 1. The molecule has 0 spiro atoms. The number of nitrogens with one attached hydrogen (secondary N) is 2. The van der Waals surface area contributed by atoms with E-state index >= 15 is 0 Å². The van der Waals surface area contributed by atoms with E-state index in [1.54, 1.807) is 0 Å². The summed E-state index contributed by atoms with van der Waals surface area (Å²) < 4.78 is 5.27. The Balaban J connectivity index is 0.00000128. The Morgan fingerprint density at radius 3 is 2.94 bits per heavy atom. The van der Waals surface area contributed by atoms with E-state index < -0.39 is 0 Å². The average molecular weight is 249 g/mol. The first-order valence-electron chi connectivity index (χ1n) is 5.92. The Kier molecular flexibility index (Phi) is 6.09. The zero-order valence-corrected chi connectivity index (χ0v) is 10.4. The molecule has 94 valence electrons. The lowest BCUT2D eigenvalue weighted by Crippen LogP contribution is -2.42. The Morgan fingerprint density at radius 1 is 1.44 bits per heavy atom. The second-order valence-corrected chi connectivity index (χ2v) is 4.52. The van der Waals surface area contributed by atoms with E-state index in [-0.39, 0.29) is 24.2 Å². The predicted molar refractivity (Wildman–Crippen MR) is 64.8 cm³/mol. The van der Waals surface area contributed by atoms with Crippen LogP contribution in [0.2, 0.25) is 0 Å². The fourth-order valence-corrected chi connectivity index (χ4v) is 2.21. The average Bonchev–Trinajstić information content (AvgIpc) is 2.80. The van der Waals surface area contributed by atoms with Gasteiger partial charge in [-0.2, -0.15) is 0 Å². The number of carbonyl (C=O) groups excluding carboxylic acids is 1. The van der Waals surface area contributed by atoms with Gasteiger partial charge in [0.05, 0.1) is 12.5 Å². The van der Waals surface area contributed by atoms with Crippen LogP contribution in [0, 0.1) is 11.8 Å². The van der Waals surface area contributed by atoms with Crippen molar-refractivity contribution < 1.29 is 9.53 Å². The molecule has 2 saturated heterocycles. The second-order valence-electron chi connectivity index (χ2n) is 4.52. The summed E-state index contributed by atoms with van der Waals surface area (Å²) in [6.07, 6.45) is 3.23. The van der Waals surface area contributed by atoms with Crippen molar-refractivity contribution in [2.75, 3.05) is 32.8 Å². The van der Waals surface area contributed by atoms with Crippen LogP contribution in [0.1, 0.15) is 19.3 Å². The zero-order valence-electron chi connectivity index (χ0n) is 9.54. The molecule has 2 aliphatic heterocycles. The summed E-state index contributed by atoms with van der Waals surface area (Å²) in [6.45, 7) is 4.34. The Bertz CT molecular complexity index is 214. The molecule has 2 atom stereocenters. The van der Waals surface area contributed by atoms with Crippen molar-refractivity contribution in [3.05, 3.63) is 0 Å². The summed E-state index contributed by atoms with van der Waals surface area (Å²) in [5, 5.41) is 6.29. The van der Waals surface area contributed by atoms with Gasteiger partial charge in [0.1, 0.15) is 0 Å².